The van der Waals surface area contributed by atoms with Crippen LogP contribution in [0.2, 0.25) is 0 Å². The molecule has 1 atom stereocenters. The summed E-state index contributed by atoms with van der Waals surface area (Å²) in [5.74, 6) is 0. The second-order valence-corrected chi connectivity index (χ2v) is 5.88. The predicted octanol–water partition coefficient (Wildman–Crippen LogP) is 1.05. The largest absolute Gasteiger partial charge is 0.301 e. The number of hydrogen-bond donors (Lipinski definition) is 1. The number of rotatable bonds is 6. The molecule has 1 saturated carbocycles. The van der Waals surface area contributed by atoms with E-state index >= 15 is 0 Å². The molecule has 1 N–H and O–H groups in total. The highest BCUT2D eigenvalue weighted by atomic mass is 15.3. The van der Waals surface area contributed by atoms with Gasteiger partial charge in [0.15, 0.2) is 0 Å². The van der Waals surface area contributed by atoms with Gasteiger partial charge in [-0.15, -0.1) is 0 Å². The minimum atomic E-state index is 0.0561. The lowest BCUT2D eigenvalue weighted by atomic mass is 10.2. The molecule has 2 fully saturated rings. The van der Waals surface area contributed by atoms with E-state index in [1.807, 2.05) is 0 Å². The first-order valence-corrected chi connectivity index (χ1v) is 7.31. The second kappa shape index (κ2) is 6.51. The zero-order valence-corrected chi connectivity index (χ0v) is 11.7. The maximum Gasteiger partial charge on any atom is 0.0967 e. The van der Waals surface area contributed by atoms with Crippen LogP contribution in [0.1, 0.15) is 33.1 Å². The van der Waals surface area contributed by atoms with Crippen LogP contribution >= 0.6 is 0 Å². The molecule has 0 spiro atoms. The van der Waals surface area contributed by atoms with Crippen molar-refractivity contribution in [2.24, 2.45) is 0 Å². The summed E-state index contributed by atoms with van der Waals surface area (Å²) < 4.78 is 0. The molecule has 18 heavy (non-hydrogen) atoms. The fraction of sp³-hybridized carbons (Fsp3) is 0.929. The quantitative estimate of drug-likeness (QED) is 0.765. The van der Waals surface area contributed by atoms with Gasteiger partial charge in [-0.2, -0.15) is 5.26 Å². The van der Waals surface area contributed by atoms with Gasteiger partial charge in [0, 0.05) is 44.8 Å². The molecule has 1 aliphatic heterocycles. The van der Waals surface area contributed by atoms with E-state index in [2.05, 4.69) is 35.0 Å². The highest BCUT2D eigenvalue weighted by Crippen LogP contribution is 2.20. The molecular weight excluding hydrogens is 224 g/mol. The summed E-state index contributed by atoms with van der Waals surface area (Å²) >= 11 is 0. The topological polar surface area (TPSA) is 42.3 Å². The SMILES string of the molecule is CC(C)N1CCN(CCC(C#N)NC2CC2)CC1. The number of piperazine rings is 1. The molecule has 1 saturated heterocycles. The minimum Gasteiger partial charge on any atom is -0.301 e. The molecule has 0 aromatic rings. The van der Waals surface area contributed by atoms with E-state index in [9.17, 15) is 0 Å². The van der Waals surface area contributed by atoms with Gasteiger partial charge in [-0.3, -0.25) is 10.2 Å². The van der Waals surface area contributed by atoms with E-state index in [4.69, 9.17) is 5.26 Å². The lowest BCUT2D eigenvalue weighted by Gasteiger charge is -2.37. The Kier molecular flexibility index (Phi) is 4.99. The number of nitriles is 1. The molecule has 0 aromatic carbocycles. The third-order valence-corrected chi connectivity index (χ3v) is 4.04. The Morgan fingerprint density at radius 3 is 2.39 bits per heavy atom. The Labute approximate surface area is 111 Å². The van der Waals surface area contributed by atoms with Crippen molar-refractivity contribution in [3.63, 3.8) is 0 Å². The summed E-state index contributed by atoms with van der Waals surface area (Å²) in [7, 11) is 0. The van der Waals surface area contributed by atoms with E-state index in [1.165, 1.54) is 25.9 Å². The van der Waals surface area contributed by atoms with Crippen molar-refractivity contribution < 1.29 is 0 Å². The van der Waals surface area contributed by atoms with Crippen LogP contribution in [-0.4, -0.2) is 60.6 Å². The van der Waals surface area contributed by atoms with E-state index in [1.54, 1.807) is 0 Å². The summed E-state index contributed by atoms with van der Waals surface area (Å²) in [6, 6.07) is 3.74. The van der Waals surface area contributed by atoms with E-state index in [-0.39, 0.29) is 6.04 Å². The first-order valence-electron chi connectivity index (χ1n) is 7.31. The van der Waals surface area contributed by atoms with E-state index < -0.39 is 0 Å². The van der Waals surface area contributed by atoms with Gasteiger partial charge in [-0.25, -0.2) is 0 Å². The minimum absolute atomic E-state index is 0.0561. The molecule has 0 amide bonds. The molecule has 4 nitrogen and oxygen atoms in total. The highest BCUT2D eigenvalue weighted by molar-refractivity contribution is 4.96. The molecule has 0 radical (unpaired) electrons. The highest BCUT2D eigenvalue weighted by Gasteiger charge is 2.25. The average molecular weight is 250 g/mol. The van der Waals surface area contributed by atoms with Crippen LogP contribution in [0.4, 0.5) is 0 Å². The molecule has 1 unspecified atom stereocenters. The molecule has 0 bridgehead atoms. The third-order valence-electron chi connectivity index (χ3n) is 4.04. The van der Waals surface area contributed by atoms with Gasteiger partial charge in [0.25, 0.3) is 0 Å². The smallest absolute Gasteiger partial charge is 0.0967 e. The first-order chi connectivity index (χ1) is 8.69. The first kappa shape index (κ1) is 13.8. The van der Waals surface area contributed by atoms with Crippen molar-refractivity contribution in [2.45, 2.75) is 51.2 Å². The standard InChI is InChI=1S/C14H26N4/c1-12(2)18-9-7-17(8-10-18)6-5-14(11-15)16-13-3-4-13/h12-14,16H,3-10H2,1-2H3. The summed E-state index contributed by atoms with van der Waals surface area (Å²) in [6.45, 7) is 10.2. The Bertz CT molecular complexity index is 285. The van der Waals surface area contributed by atoms with Gasteiger partial charge in [-0.1, -0.05) is 0 Å². The average Bonchev–Trinajstić information content (AvgIpc) is 3.18. The molecule has 1 aliphatic carbocycles. The van der Waals surface area contributed by atoms with Crippen molar-refractivity contribution in [2.75, 3.05) is 32.7 Å². The van der Waals surface area contributed by atoms with Gasteiger partial charge < -0.3 is 4.90 Å². The van der Waals surface area contributed by atoms with Crippen LogP contribution in [0.5, 0.6) is 0 Å². The van der Waals surface area contributed by atoms with Crippen molar-refractivity contribution in [1.82, 2.24) is 15.1 Å². The Hall–Kier alpha value is -0.630. The number of nitrogens with one attached hydrogen (secondary N) is 1. The summed E-state index contributed by atoms with van der Waals surface area (Å²) in [6.07, 6.45) is 3.48. The van der Waals surface area contributed by atoms with Gasteiger partial charge >= 0.3 is 0 Å². The van der Waals surface area contributed by atoms with Crippen LogP contribution in [0, 0.1) is 11.3 Å². The van der Waals surface area contributed by atoms with Crippen molar-refractivity contribution in [1.29, 1.82) is 5.26 Å². The Morgan fingerprint density at radius 2 is 1.89 bits per heavy atom. The lowest BCUT2D eigenvalue weighted by Crippen LogP contribution is -2.49. The van der Waals surface area contributed by atoms with Gasteiger partial charge in [0.1, 0.15) is 0 Å². The molecule has 0 aromatic heterocycles. The normalized spacial score (nSPS) is 24.1. The summed E-state index contributed by atoms with van der Waals surface area (Å²) in [4.78, 5) is 5.03. The van der Waals surface area contributed by atoms with E-state index in [0.717, 1.165) is 26.1 Å². The maximum atomic E-state index is 9.11. The van der Waals surface area contributed by atoms with Gasteiger partial charge in [0.2, 0.25) is 0 Å². The zero-order valence-electron chi connectivity index (χ0n) is 11.7. The van der Waals surface area contributed by atoms with Crippen LogP contribution in [-0.2, 0) is 0 Å². The van der Waals surface area contributed by atoms with Crippen LogP contribution in [0.15, 0.2) is 0 Å². The Balaban J connectivity index is 1.63. The van der Waals surface area contributed by atoms with Crippen molar-refractivity contribution >= 4 is 0 Å². The number of hydrogen-bond acceptors (Lipinski definition) is 4. The van der Waals surface area contributed by atoms with Gasteiger partial charge in [-0.05, 0) is 33.1 Å². The van der Waals surface area contributed by atoms with Gasteiger partial charge in [0.05, 0.1) is 12.1 Å². The number of nitrogens with zero attached hydrogens (tertiary/aromatic N) is 3. The van der Waals surface area contributed by atoms with Crippen molar-refractivity contribution in [3.8, 4) is 6.07 Å². The van der Waals surface area contributed by atoms with Crippen LogP contribution in [0.3, 0.4) is 0 Å². The zero-order chi connectivity index (χ0) is 13.0. The predicted molar refractivity (Wildman–Crippen MR) is 73.3 cm³/mol. The molecule has 2 rings (SSSR count). The van der Waals surface area contributed by atoms with Crippen LogP contribution in [0.25, 0.3) is 0 Å². The van der Waals surface area contributed by atoms with Crippen molar-refractivity contribution in [3.05, 3.63) is 0 Å². The van der Waals surface area contributed by atoms with E-state index in [0.29, 0.717) is 12.1 Å². The molecular formula is C14H26N4. The summed E-state index contributed by atoms with van der Waals surface area (Å²) in [5.41, 5.74) is 0. The van der Waals surface area contributed by atoms with Crippen LogP contribution < -0.4 is 5.32 Å². The Morgan fingerprint density at radius 1 is 1.22 bits per heavy atom. The second-order valence-electron chi connectivity index (χ2n) is 5.88. The fourth-order valence-corrected chi connectivity index (χ4v) is 2.53. The monoisotopic (exact) mass is 250 g/mol. The lowest BCUT2D eigenvalue weighted by molar-refractivity contribution is 0.106. The molecule has 102 valence electrons. The molecule has 4 heteroatoms. The maximum absolute atomic E-state index is 9.11. The molecule has 1 heterocycles. The molecule has 2 aliphatic rings. The third kappa shape index (κ3) is 4.24. The fourth-order valence-electron chi connectivity index (χ4n) is 2.53. The summed E-state index contributed by atoms with van der Waals surface area (Å²) in [5, 5.41) is 12.5.